The molecular formula is C15H22N2O2. The van der Waals surface area contributed by atoms with Crippen LogP contribution in [0.15, 0.2) is 36.9 Å². The Morgan fingerprint density at radius 2 is 2.26 bits per heavy atom. The van der Waals surface area contributed by atoms with Crippen LogP contribution in [0.25, 0.3) is 0 Å². The van der Waals surface area contributed by atoms with Crippen molar-refractivity contribution in [3.05, 3.63) is 52.6 Å². The van der Waals surface area contributed by atoms with Gasteiger partial charge in [0.25, 0.3) is 5.69 Å². The van der Waals surface area contributed by atoms with Gasteiger partial charge < -0.3 is 5.32 Å². The first-order valence-electron chi connectivity index (χ1n) is 6.69. The van der Waals surface area contributed by atoms with Crippen LogP contribution in [-0.2, 0) is 0 Å². The van der Waals surface area contributed by atoms with Crippen LogP contribution in [0.5, 0.6) is 0 Å². The zero-order valence-electron chi connectivity index (χ0n) is 11.6. The van der Waals surface area contributed by atoms with Crippen molar-refractivity contribution in [1.29, 1.82) is 0 Å². The predicted octanol–water partition coefficient (Wildman–Crippen LogP) is 3.99. The fraction of sp³-hybridized carbons (Fsp3) is 0.467. The van der Waals surface area contributed by atoms with Crippen LogP contribution >= 0.6 is 0 Å². The Balaban J connectivity index is 2.88. The number of nitrogens with one attached hydrogen (secondary N) is 1. The Kier molecular flexibility index (Phi) is 6.22. The molecule has 0 aliphatic rings. The van der Waals surface area contributed by atoms with Crippen molar-refractivity contribution in [1.82, 2.24) is 5.32 Å². The van der Waals surface area contributed by atoms with E-state index < -0.39 is 0 Å². The van der Waals surface area contributed by atoms with Gasteiger partial charge in [-0.25, -0.2) is 0 Å². The van der Waals surface area contributed by atoms with Crippen molar-refractivity contribution in [3.8, 4) is 0 Å². The Hall–Kier alpha value is -1.68. The zero-order chi connectivity index (χ0) is 14.3. The number of hydrogen-bond acceptors (Lipinski definition) is 3. The van der Waals surface area contributed by atoms with Gasteiger partial charge in [-0.05, 0) is 25.3 Å². The van der Waals surface area contributed by atoms with Crippen LogP contribution in [0.3, 0.4) is 0 Å². The molecular weight excluding hydrogens is 240 g/mol. The number of benzene rings is 1. The topological polar surface area (TPSA) is 55.2 Å². The van der Waals surface area contributed by atoms with Crippen LogP contribution in [-0.4, -0.2) is 11.0 Å². The molecule has 0 heterocycles. The molecule has 0 aliphatic heterocycles. The van der Waals surface area contributed by atoms with E-state index in [0.29, 0.717) is 6.04 Å². The van der Waals surface area contributed by atoms with Gasteiger partial charge in [0.15, 0.2) is 0 Å². The molecule has 1 aromatic carbocycles. The molecule has 19 heavy (non-hydrogen) atoms. The van der Waals surface area contributed by atoms with E-state index in [9.17, 15) is 10.1 Å². The van der Waals surface area contributed by atoms with Gasteiger partial charge in [-0.3, -0.25) is 10.1 Å². The van der Waals surface area contributed by atoms with Crippen molar-refractivity contribution >= 4 is 5.69 Å². The van der Waals surface area contributed by atoms with Gasteiger partial charge in [0.2, 0.25) is 0 Å². The summed E-state index contributed by atoms with van der Waals surface area (Å²) < 4.78 is 0. The third-order valence-corrected chi connectivity index (χ3v) is 3.07. The molecule has 1 rings (SSSR count). The first-order valence-corrected chi connectivity index (χ1v) is 6.69. The second-order valence-electron chi connectivity index (χ2n) is 4.79. The second-order valence-corrected chi connectivity index (χ2v) is 4.79. The minimum absolute atomic E-state index is 0.150. The highest BCUT2D eigenvalue weighted by atomic mass is 16.6. The van der Waals surface area contributed by atoms with Crippen molar-refractivity contribution in [2.24, 2.45) is 0 Å². The van der Waals surface area contributed by atoms with Gasteiger partial charge in [0.05, 0.1) is 4.92 Å². The Morgan fingerprint density at radius 3 is 2.84 bits per heavy atom. The summed E-state index contributed by atoms with van der Waals surface area (Å²) >= 11 is 0. The molecule has 4 heteroatoms. The normalized spacial score (nSPS) is 13.8. The summed E-state index contributed by atoms with van der Waals surface area (Å²) in [5.74, 6) is 0. The fourth-order valence-electron chi connectivity index (χ4n) is 2.15. The molecule has 2 unspecified atom stereocenters. The minimum atomic E-state index is -0.348. The second kappa shape index (κ2) is 7.69. The van der Waals surface area contributed by atoms with Crippen LogP contribution in [0.4, 0.5) is 5.69 Å². The van der Waals surface area contributed by atoms with Crippen LogP contribution < -0.4 is 5.32 Å². The number of rotatable bonds is 8. The Labute approximate surface area is 114 Å². The van der Waals surface area contributed by atoms with E-state index >= 15 is 0 Å². The lowest BCUT2D eigenvalue weighted by atomic mass is 10.0. The molecule has 0 amide bonds. The lowest BCUT2D eigenvalue weighted by molar-refractivity contribution is -0.384. The van der Waals surface area contributed by atoms with E-state index in [2.05, 4.69) is 25.7 Å². The zero-order valence-corrected chi connectivity index (χ0v) is 11.6. The van der Waals surface area contributed by atoms with Crippen molar-refractivity contribution in [3.63, 3.8) is 0 Å². The third kappa shape index (κ3) is 4.83. The number of nitro groups is 1. The Morgan fingerprint density at radius 1 is 1.53 bits per heavy atom. The molecule has 0 aliphatic carbocycles. The maximum absolute atomic E-state index is 10.8. The molecule has 104 valence electrons. The average Bonchev–Trinajstić information content (AvgIpc) is 2.38. The number of non-ortho nitro benzene ring substituents is 1. The molecule has 0 fully saturated rings. The molecule has 0 spiro atoms. The maximum atomic E-state index is 10.8. The largest absolute Gasteiger partial charge is 0.307 e. The first-order chi connectivity index (χ1) is 9.08. The number of nitro benzene ring substituents is 1. The lowest BCUT2D eigenvalue weighted by Crippen LogP contribution is -2.30. The summed E-state index contributed by atoms with van der Waals surface area (Å²) in [4.78, 5) is 10.5. The number of hydrogen-bond donors (Lipinski definition) is 1. The maximum Gasteiger partial charge on any atom is 0.269 e. The van der Waals surface area contributed by atoms with Gasteiger partial charge in [0.1, 0.15) is 0 Å². The third-order valence-electron chi connectivity index (χ3n) is 3.07. The van der Waals surface area contributed by atoms with E-state index in [1.807, 2.05) is 12.1 Å². The SMILES string of the molecule is C=CCC(C)NC(CCC)c1cccc([N+](=O)[O-])c1. The van der Waals surface area contributed by atoms with Gasteiger partial charge in [0, 0.05) is 24.2 Å². The van der Waals surface area contributed by atoms with Crippen molar-refractivity contribution in [2.45, 2.75) is 45.2 Å². The summed E-state index contributed by atoms with van der Waals surface area (Å²) in [5.41, 5.74) is 1.13. The molecule has 1 aromatic rings. The molecule has 1 N–H and O–H groups in total. The van der Waals surface area contributed by atoms with E-state index in [-0.39, 0.29) is 16.7 Å². The molecule has 0 aromatic heterocycles. The molecule has 0 bridgehead atoms. The summed E-state index contributed by atoms with van der Waals surface area (Å²) in [6.07, 6.45) is 4.76. The average molecular weight is 262 g/mol. The molecule has 2 atom stereocenters. The quantitative estimate of drug-likeness (QED) is 0.438. The highest BCUT2D eigenvalue weighted by molar-refractivity contribution is 5.35. The molecule has 0 radical (unpaired) electrons. The van der Waals surface area contributed by atoms with Gasteiger partial charge in [-0.15, -0.1) is 6.58 Å². The monoisotopic (exact) mass is 262 g/mol. The minimum Gasteiger partial charge on any atom is -0.307 e. The summed E-state index contributed by atoms with van der Waals surface area (Å²) in [5, 5.41) is 14.3. The molecule has 4 nitrogen and oxygen atoms in total. The van der Waals surface area contributed by atoms with E-state index in [1.165, 1.54) is 6.07 Å². The van der Waals surface area contributed by atoms with Crippen molar-refractivity contribution < 1.29 is 4.92 Å². The van der Waals surface area contributed by atoms with Crippen LogP contribution in [0.2, 0.25) is 0 Å². The van der Waals surface area contributed by atoms with Crippen LogP contribution in [0, 0.1) is 10.1 Å². The Bertz CT molecular complexity index is 432. The standard InChI is InChI=1S/C15H22N2O2/c1-4-7-12(3)16-15(8-5-2)13-9-6-10-14(11-13)17(18)19/h4,6,9-12,15-16H,1,5,7-8H2,2-3H3. The number of nitrogens with zero attached hydrogens (tertiary/aromatic N) is 1. The van der Waals surface area contributed by atoms with E-state index in [4.69, 9.17) is 0 Å². The molecule has 0 saturated carbocycles. The van der Waals surface area contributed by atoms with E-state index in [1.54, 1.807) is 12.1 Å². The van der Waals surface area contributed by atoms with Crippen molar-refractivity contribution in [2.75, 3.05) is 0 Å². The molecule has 0 saturated heterocycles. The summed E-state index contributed by atoms with van der Waals surface area (Å²) in [7, 11) is 0. The predicted molar refractivity (Wildman–Crippen MR) is 78.2 cm³/mol. The lowest BCUT2D eigenvalue weighted by Gasteiger charge is -2.22. The first kappa shape index (κ1) is 15.4. The summed E-state index contributed by atoms with van der Waals surface area (Å²) in [6.45, 7) is 7.95. The highest BCUT2D eigenvalue weighted by Gasteiger charge is 2.15. The van der Waals surface area contributed by atoms with Gasteiger partial charge >= 0.3 is 0 Å². The smallest absolute Gasteiger partial charge is 0.269 e. The summed E-state index contributed by atoms with van der Waals surface area (Å²) in [6, 6.07) is 7.35. The van der Waals surface area contributed by atoms with E-state index in [0.717, 1.165) is 24.8 Å². The highest BCUT2D eigenvalue weighted by Crippen LogP contribution is 2.23. The van der Waals surface area contributed by atoms with Gasteiger partial charge in [-0.2, -0.15) is 0 Å². The van der Waals surface area contributed by atoms with Gasteiger partial charge in [-0.1, -0.05) is 31.6 Å². The van der Waals surface area contributed by atoms with Crippen LogP contribution in [0.1, 0.15) is 44.7 Å². The fourth-order valence-corrected chi connectivity index (χ4v) is 2.15.